The minimum Gasteiger partial charge on any atom is -0.442 e. The molecule has 0 N–H and O–H groups in total. The fourth-order valence-corrected chi connectivity index (χ4v) is 3.36. The van der Waals surface area contributed by atoms with Crippen LogP contribution in [0.15, 0.2) is 53.5 Å². The maximum absolute atomic E-state index is 12.3. The van der Waals surface area contributed by atoms with Gasteiger partial charge in [-0.3, -0.25) is 14.7 Å². The van der Waals surface area contributed by atoms with Crippen molar-refractivity contribution >= 4 is 29.6 Å². The van der Waals surface area contributed by atoms with E-state index in [2.05, 4.69) is 4.99 Å². The smallest absolute Gasteiger partial charge is 0.414 e. The van der Waals surface area contributed by atoms with Crippen LogP contribution in [0, 0.1) is 6.92 Å². The number of ether oxygens (including phenoxy) is 2. The summed E-state index contributed by atoms with van der Waals surface area (Å²) < 4.78 is 10.6. The van der Waals surface area contributed by atoms with E-state index in [0.717, 1.165) is 16.9 Å². The molecular weight excluding hydrogens is 370 g/mol. The van der Waals surface area contributed by atoms with E-state index in [1.807, 2.05) is 55.5 Å². The second-order valence-electron chi connectivity index (χ2n) is 7.14. The van der Waals surface area contributed by atoms with Gasteiger partial charge in [0.05, 0.1) is 19.7 Å². The first-order chi connectivity index (χ1) is 14.1. The van der Waals surface area contributed by atoms with Gasteiger partial charge in [-0.05, 0) is 36.8 Å². The fourth-order valence-electron chi connectivity index (χ4n) is 3.36. The summed E-state index contributed by atoms with van der Waals surface area (Å²) >= 11 is 0. The van der Waals surface area contributed by atoms with E-state index in [4.69, 9.17) is 9.47 Å². The Morgan fingerprint density at radius 1 is 1.03 bits per heavy atom. The van der Waals surface area contributed by atoms with E-state index in [9.17, 15) is 9.59 Å². The average molecular weight is 393 g/mol. The van der Waals surface area contributed by atoms with Crippen molar-refractivity contribution in [2.45, 2.75) is 13.0 Å². The maximum atomic E-state index is 12.3. The molecule has 7 nitrogen and oxygen atoms in total. The highest BCUT2D eigenvalue weighted by molar-refractivity contribution is 5.95. The Labute approximate surface area is 169 Å². The Kier molecular flexibility index (Phi) is 5.57. The lowest BCUT2D eigenvalue weighted by molar-refractivity contribution is -0.125. The molecule has 0 saturated carbocycles. The first kappa shape index (κ1) is 19.1. The quantitative estimate of drug-likeness (QED) is 0.733. The third-order valence-electron chi connectivity index (χ3n) is 4.96. The molecule has 2 amide bonds. The van der Waals surface area contributed by atoms with Gasteiger partial charge >= 0.3 is 6.09 Å². The number of hydrogen-bond acceptors (Lipinski definition) is 5. The third-order valence-corrected chi connectivity index (χ3v) is 4.96. The number of anilines is 2. The van der Waals surface area contributed by atoms with Gasteiger partial charge in [0.15, 0.2) is 0 Å². The zero-order valence-electron chi connectivity index (χ0n) is 16.3. The second-order valence-corrected chi connectivity index (χ2v) is 7.14. The van der Waals surface area contributed by atoms with Crippen LogP contribution in [0.1, 0.15) is 11.1 Å². The van der Waals surface area contributed by atoms with E-state index < -0.39 is 0 Å². The molecule has 1 atom stereocenters. The standard InChI is InChI=1S/C22H23N3O4/c1-16-2-4-17(5-3-16)12-23-13-20-14-25(22(27)29-20)19-8-6-18(7-9-19)24-10-11-28-15-21(24)26/h2-9,12,20H,10-11,13-15H2,1H3. The molecule has 2 fully saturated rings. The summed E-state index contributed by atoms with van der Waals surface area (Å²) in [5.74, 6) is -0.0592. The molecule has 2 aliphatic heterocycles. The van der Waals surface area contributed by atoms with Crippen molar-refractivity contribution in [2.24, 2.45) is 4.99 Å². The van der Waals surface area contributed by atoms with Crippen molar-refractivity contribution in [3.63, 3.8) is 0 Å². The number of nitrogens with zero attached hydrogens (tertiary/aromatic N) is 3. The van der Waals surface area contributed by atoms with E-state index in [1.54, 1.807) is 16.0 Å². The first-order valence-corrected chi connectivity index (χ1v) is 9.63. The van der Waals surface area contributed by atoms with Crippen LogP contribution in [0.2, 0.25) is 0 Å². The van der Waals surface area contributed by atoms with E-state index in [-0.39, 0.29) is 24.7 Å². The van der Waals surface area contributed by atoms with Gasteiger partial charge in [0, 0.05) is 24.1 Å². The minimum atomic E-state index is -0.379. The predicted molar refractivity (Wildman–Crippen MR) is 111 cm³/mol. The average Bonchev–Trinajstić information content (AvgIpc) is 3.10. The lowest BCUT2D eigenvalue weighted by Gasteiger charge is -2.27. The topological polar surface area (TPSA) is 71.4 Å². The molecule has 2 aromatic carbocycles. The molecular formula is C22H23N3O4. The summed E-state index contributed by atoms with van der Waals surface area (Å²) in [5, 5.41) is 0. The highest BCUT2D eigenvalue weighted by Crippen LogP contribution is 2.25. The van der Waals surface area contributed by atoms with Crippen LogP contribution in [0.4, 0.5) is 16.2 Å². The zero-order chi connectivity index (χ0) is 20.2. The van der Waals surface area contributed by atoms with Crippen LogP contribution in [0.25, 0.3) is 0 Å². The number of cyclic esters (lactones) is 1. The number of benzene rings is 2. The zero-order valence-corrected chi connectivity index (χ0v) is 16.3. The summed E-state index contributed by atoms with van der Waals surface area (Å²) in [4.78, 5) is 31.9. The molecule has 0 aliphatic carbocycles. The number of hydrogen-bond donors (Lipinski definition) is 0. The molecule has 4 rings (SSSR count). The normalized spacial score (nSPS) is 19.8. The number of aryl methyl sites for hydroxylation is 1. The van der Waals surface area contributed by atoms with Gasteiger partial charge in [0.2, 0.25) is 0 Å². The molecule has 0 bridgehead atoms. The Bertz CT molecular complexity index is 909. The first-order valence-electron chi connectivity index (χ1n) is 9.63. The SMILES string of the molecule is Cc1ccc(C=NCC2CN(c3ccc(N4CCOCC4=O)cc3)C(=O)O2)cc1. The summed E-state index contributed by atoms with van der Waals surface area (Å²) in [6.07, 6.45) is 1.13. The highest BCUT2D eigenvalue weighted by Gasteiger charge is 2.32. The monoisotopic (exact) mass is 393 g/mol. The molecule has 1 unspecified atom stereocenters. The van der Waals surface area contributed by atoms with Crippen LogP contribution in [0.3, 0.4) is 0 Å². The Hall–Kier alpha value is -3.19. The summed E-state index contributed by atoms with van der Waals surface area (Å²) in [7, 11) is 0. The molecule has 0 aromatic heterocycles. The van der Waals surface area contributed by atoms with E-state index in [0.29, 0.717) is 26.2 Å². The van der Waals surface area contributed by atoms with Crippen molar-refractivity contribution in [3.05, 3.63) is 59.7 Å². The van der Waals surface area contributed by atoms with Gasteiger partial charge in [-0.25, -0.2) is 4.79 Å². The minimum absolute atomic E-state index is 0.0592. The van der Waals surface area contributed by atoms with Crippen molar-refractivity contribution in [3.8, 4) is 0 Å². The number of amides is 2. The second kappa shape index (κ2) is 8.45. The van der Waals surface area contributed by atoms with Gasteiger partial charge in [0.25, 0.3) is 5.91 Å². The molecule has 2 saturated heterocycles. The highest BCUT2D eigenvalue weighted by atomic mass is 16.6. The molecule has 29 heavy (non-hydrogen) atoms. The number of aliphatic imine (C=N–C) groups is 1. The van der Waals surface area contributed by atoms with Crippen LogP contribution < -0.4 is 9.80 Å². The van der Waals surface area contributed by atoms with Gasteiger partial charge in [-0.1, -0.05) is 29.8 Å². The molecule has 0 radical (unpaired) electrons. The Morgan fingerprint density at radius 2 is 1.72 bits per heavy atom. The van der Waals surface area contributed by atoms with Gasteiger partial charge < -0.3 is 14.4 Å². The van der Waals surface area contributed by atoms with Crippen molar-refractivity contribution in [1.82, 2.24) is 0 Å². The molecule has 2 heterocycles. The van der Waals surface area contributed by atoms with Crippen molar-refractivity contribution in [1.29, 1.82) is 0 Å². The number of carbonyl (C=O) groups is 2. The van der Waals surface area contributed by atoms with Crippen molar-refractivity contribution < 1.29 is 19.1 Å². The number of rotatable bonds is 5. The Morgan fingerprint density at radius 3 is 2.41 bits per heavy atom. The summed E-state index contributed by atoms with van der Waals surface area (Å²) in [6, 6.07) is 15.4. The van der Waals surface area contributed by atoms with E-state index in [1.165, 1.54) is 5.56 Å². The number of carbonyl (C=O) groups excluding carboxylic acids is 2. The van der Waals surface area contributed by atoms with E-state index >= 15 is 0 Å². The number of morpholine rings is 1. The molecule has 2 aliphatic rings. The molecule has 7 heteroatoms. The Balaban J connectivity index is 1.36. The van der Waals surface area contributed by atoms with Crippen LogP contribution in [-0.2, 0) is 14.3 Å². The third kappa shape index (κ3) is 4.46. The largest absolute Gasteiger partial charge is 0.442 e. The van der Waals surface area contributed by atoms with Crippen molar-refractivity contribution in [2.75, 3.05) is 42.6 Å². The predicted octanol–water partition coefficient (Wildman–Crippen LogP) is 2.80. The lowest BCUT2D eigenvalue weighted by atomic mass is 10.2. The van der Waals surface area contributed by atoms with Crippen LogP contribution >= 0.6 is 0 Å². The molecule has 150 valence electrons. The van der Waals surface area contributed by atoms with Crippen LogP contribution in [-0.4, -0.2) is 57.2 Å². The molecule has 2 aromatic rings. The van der Waals surface area contributed by atoms with Gasteiger partial charge in [-0.15, -0.1) is 0 Å². The summed E-state index contributed by atoms with van der Waals surface area (Å²) in [5.41, 5.74) is 3.76. The van der Waals surface area contributed by atoms with Gasteiger partial charge in [0.1, 0.15) is 12.7 Å². The maximum Gasteiger partial charge on any atom is 0.414 e. The van der Waals surface area contributed by atoms with Crippen LogP contribution in [0.5, 0.6) is 0 Å². The lowest BCUT2D eigenvalue weighted by Crippen LogP contribution is -2.41. The molecule has 0 spiro atoms. The van der Waals surface area contributed by atoms with Gasteiger partial charge in [-0.2, -0.15) is 0 Å². The summed E-state index contributed by atoms with van der Waals surface area (Å²) in [6.45, 7) is 4.06. The fraction of sp³-hybridized carbons (Fsp3) is 0.318.